The van der Waals surface area contributed by atoms with Crippen LogP contribution in [0.15, 0.2) is 30.6 Å². The van der Waals surface area contributed by atoms with E-state index in [9.17, 15) is 4.79 Å². The Hall–Kier alpha value is -2.05. The van der Waals surface area contributed by atoms with Crippen LogP contribution in [-0.4, -0.2) is 47.1 Å². The van der Waals surface area contributed by atoms with Gasteiger partial charge in [-0.1, -0.05) is 23.2 Å². The fourth-order valence-electron chi connectivity index (χ4n) is 2.59. The van der Waals surface area contributed by atoms with E-state index in [4.69, 9.17) is 23.2 Å². The SMILES string of the molecule is Cc1cc(NC(=O)N2CCN(c3ncc(Cl)cc3Cl)CC2)ccn1. The van der Waals surface area contributed by atoms with Crippen molar-refractivity contribution in [3.8, 4) is 0 Å². The van der Waals surface area contributed by atoms with Gasteiger partial charge in [0, 0.05) is 50.0 Å². The molecule has 1 aliphatic heterocycles. The van der Waals surface area contributed by atoms with E-state index in [1.807, 2.05) is 13.0 Å². The zero-order valence-electron chi connectivity index (χ0n) is 13.2. The van der Waals surface area contributed by atoms with Gasteiger partial charge in [-0.25, -0.2) is 9.78 Å². The van der Waals surface area contributed by atoms with Crippen molar-refractivity contribution < 1.29 is 4.79 Å². The van der Waals surface area contributed by atoms with Crippen LogP contribution in [0.1, 0.15) is 5.69 Å². The molecule has 0 unspecified atom stereocenters. The largest absolute Gasteiger partial charge is 0.352 e. The second-order valence-electron chi connectivity index (χ2n) is 5.55. The van der Waals surface area contributed by atoms with Crippen molar-refractivity contribution in [2.45, 2.75) is 6.92 Å². The number of aromatic nitrogens is 2. The number of aryl methyl sites for hydroxylation is 1. The molecule has 1 N–H and O–H groups in total. The summed E-state index contributed by atoms with van der Waals surface area (Å²) in [6.07, 6.45) is 3.25. The fourth-order valence-corrected chi connectivity index (χ4v) is 3.09. The lowest BCUT2D eigenvalue weighted by molar-refractivity contribution is 0.208. The predicted octanol–water partition coefficient (Wildman–Crippen LogP) is 3.45. The zero-order chi connectivity index (χ0) is 17.1. The molecule has 2 aromatic rings. The molecule has 0 radical (unpaired) electrons. The van der Waals surface area contributed by atoms with Crippen LogP contribution < -0.4 is 10.2 Å². The topological polar surface area (TPSA) is 61.4 Å². The molecule has 24 heavy (non-hydrogen) atoms. The Morgan fingerprint density at radius 2 is 1.92 bits per heavy atom. The van der Waals surface area contributed by atoms with Gasteiger partial charge in [-0.2, -0.15) is 0 Å². The number of nitrogens with zero attached hydrogens (tertiary/aromatic N) is 4. The quantitative estimate of drug-likeness (QED) is 0.885. The number of nitrogens with one attached hydrogen (secondary N) is 1. The van der Waals surface area contributed by atoms with Gasteiger partial charge in [0.1, 0.15) is 5.82 Å². The van der Waals surface area contributed by atoms with Gasteiger partial charge >= 0.3 is 6.03 Å². The van der Waals surface area contributed by atoms with Crippen molar-refractivity contribution in [2.24, 2.45) is 0 Å². The summed E-state index contributed by atoms with van der Waals surface area (Å²) in [7, 11) is 0. The molecule has 2 amide bonds. The summed E-state index contributed by atoms with van der Waals surface area (Å²) in [6.45, 7) is 4.40. The lowest BCUT2D eigenvalue weighted by atomic mass is 10.3. The molecule has 0 atom stereocenters. The van der Waals surface area contributed by atoms with E-state index < -0.39 is 0 Å². The molecule has 3 heterocycles. The summed E-state index contributed by atoms with van der Waals surface area (Å²) in [4.78, 5) is 24.6. The minimum absolute atomic E-state index is 0.115. The number of carbonyl (C=O) groups excluding carboxylic acids is 1. The minimum atomic E-state index is -0.115. The van der Waals surface area contributed by atoms with Crippen LogP contribution in [0, 0.1) is 6.92 Å². The zero-order valence-corrected chi connectivity index (χ0v) is 14.7. The third-order valence-corrected chi connectivity index (χ3v) is 4.29. The number of carbonyl (C=O) groups is 1. The highest BCUT2D eigenvalue weighted by atomic mass is 35.5. The molecule has 8 heteroatoms. The van der Waals surface area contributed by atoms with Crippen LogP contribution in [0.25, 0.3) is 0 Å². The van der Waals surface area contributed by atoms with Crippen LogP contribution in [0.2, 0.25) is 10.0 Å². The molecule has 1 saturated heterocycles. The molecule has 0 aliphatic carbocycles. The van der Waals surface area contributed by atoms with Crippen LogP contribution >= 0.6 is 23.2 Å². The number of hydrogen-bond donors (Lipinski definition) is 1. The van der Waals surface area contributed by atoms with Gasteiger partial charge in [-0.15, -0.1) is 0 Å². The molecule has 1 aliphatic rings. The number of amides is 2. The Kier molecular flexibility index (Phi) is 5.06. The lowest BCUT2D eigenvalue weighted by Crippen LogP contribution is -2.50. The fraction of sp³-hybridized carbons (Fsp3) is 0.312. The first-order valence-electron chi connectivity index (χ1n) is 7.57. The summed E-state index contributed by atoms with van der Waals surface area (Å²) < 4.78 is 0. The molecule has 1 fully saturated rings. The van der Waals surface area contributed by atoms with E-state index in [0.29, 0.717) is 42.0 Å². The minimum Gasteiger partial charge on any atom is -0.352 e. The smallest absolute Gasteiger partial charge is 0.321 e. The van der Waals surface area contributed by atoms with Gasteiger partial charge in [-0.05, 0) is 25.1 Å². The van der Waals surface area contributed by atoms with Crippen molar-refractivity contribution >= 4 is 40.7 Å². The Bertz CT molecular complexity index is 747. The molecule has 0 aromatic carbocycles. The van der Waals surface area contributed by atoms with E-state index in [1.165, 1.54) is 0 Å². The number of piperazine rings is 1. The van der Waals surface area contributed by atoms with Gasteiger partial charge in [0.05, 0.1) is 10.0 Å². The van der Waals surface area contributed by atoms with E-state index in [0.717, 1.165) is 11.4 Å². The number of halogens is 2. The van der Waals surface area contributed by atoms with Crippen LogP contribution in [0.5, 0.6) is 0 Å². The second-order valence-corrected chi connectivity index (χ2v) is 6.39. The Balaban J connectivity index is 1.59. The molecule has 2 aromatic heterocycles. The van der Waals surface area contributed by atoms with Crippen molar-refractivity contribution in [3.05, 3.63) is 46.3 Å². The molecule has 0 saturated carbocycles. The Morgan fingerprint density at radius 1 is 1.17 bits per heavy atom. The Labute approximate surface area is 150 Å². The van der Waals surface area contributed by atoms with Crippen molar-refractivity contribution in [1.82, 2.24) is 14.9 Å². The maximum Gasteiger partial charge on any atom is 0.321 e. The van der Waals surface area contributed by atoms with E-state index >= 15 is 0 Å². The van der Waals surface area contributed by atoms with E-state index in [2.05, 4.69) is 20.2 Å². The number of urea groups is 1. The molecular weight excluding hydrogens is 349 g/mol. The maximum atomic E-state index is 12.4. The molecule has 3 rings (SSSR count). The summed E-state index contributed by atoms with van der Waals surface area (Å²) in [5, 5.41) is 3.92. The predicted molar refractivity (Wildman–Crippen MR) is 96.0 cm³/mol. The van der Waals surface area contributed by atoms with Gasteiger partial charge in [0.2, 0.25) is 0 Å². The number of rotatable bonds is 2. The third-order valence-electron chi connectivity index (χ3n) is 3.80. The summed E-state index contributed by atoms with van der Waals surface area (Å²) in [5.74, 6) is 0.700. The number of hydrogen-bond acceptors (Lipinski definition) is 4. The maximum absolute atomic E-state index is 12.4. The summed E-state index contributed by atoms with van der Waals surface area (Å²) in [6, 6.07) is 5.18. The highest BCUT2D eigenvalue weighted by Gasteiger charge is 2.23. The van der Waals surface area contributed by atoms with E-state index in [1.54, 1.807) is 29.4 Å². The second kappa shape index (κ2) is 7.23. The molecule has 6 nitrogen and oxygen atoms in total. The number of anilines is 2. The van der Waals surface area contributed by atoms with E-state index in [-0.39, 0.29) is 6.03 Å². The lowest BCUT2D eigenvalue weighted by Gasteiger charge is -2.35. The molecular formula is C16H17Cl2N5O. The Morgan fingerprint density at radius 3 is 2.58 bits per heavy atom. The van der Waals surface area contributed by atoms with Crippen LogP contribution in [-0.2, 0) is 0 Å². The first-order chi connectivity index (χ1) is 11.5. The van der Waals surface area contributed by atoms with Crippen molar-refractivity contribution in [3.63, 3.8) is 0 Å². The standard InChI is InChI=1S/C16H17Cl2N5O/c1-11-8-13(2-3-19-11)21-16(24)23-6-4-22(5-7-23)15-14(18)9-12(17)10-20-15/h2-3,8-10H,4-7H2,1H3,(H,19,21,24). The molecule has 0 bridgehead atoms. The van der Waals surface area contributed by atoms with Gasteiger partial charge in [-0.3, -0.25) is 4.98 Å². The highest BCUT2D eigenvalue weighted by molar-refractivity contribution is 6.36. The normalized spacial score (nSPS) is 14.6. The van der Waals surface area contributed by atoms with Crippen molar-refractivity contribution in [1.29, 1.82) is 0 Å². The van der Waals surface area contributed by atoms with Crippen molar-refractivity contribution in [2.75, 3.05) is 36.4 Å². The first-order valence-corrected chi connectivity index (χ1v) is 8.33. The summed E-state index contributed by atoms with van der Waals surface area (Å²) >= 11 is 12.1. The van der Waals surface area contributed by atoms with Gasteiger partial charge in [0.15, 0.2) is 0 Å². The number of pyridine rings is 2. The monoisotopic (exact) mass is 365 g/mol. The highest BCUT2D eigenvalue weighted by Crippen LogP contribution is 2.26. The van der Waals surface area contributed by atoms with Crippen LogP contribution in [0.3, 0.4) is 0 Å². The van der Waals surface area contributed by atoms with Crippen LogP contribution in [0.4, 0.5) is 16.3 Å². The first kappa shape index (κ1) is 16.8. The third kappa shape index (κ3) is 3.88. The average Bonchev–Trinajstić information content (AvgIpc) is 2.55. The van der Waals surface area contributed by atoms with Gasteiger partial charge < -0.3 is 15.1 Å². The molecule has 0 spiro atoms. The van der Waals surface area contributed by atoms with Gasteiger partial charge in [0.25, 0.3) is 0 Å². The average molecular weight is 366 g/mol. The molecule has 126 valence electrons. The summed E-state index contributed by atoms with van der Waals surface area (Å²) in [5.41, 5.74) is 1.61.